The Kier molecular flexibility index (Phi) is 4.48. The molecule has 0 aromatic heterocycles. The van der Waals surface area contributed by atoms with Crippen molar-refractivity contribution in [2.24, 2.45) is 5.92 Å². The van der Waals surface area contributed by atoms with Crippen molar-refractivity contribution < 1.29 is 13.2 Å². The van der Waals surface area contributed by atoms with Gasteiger partial charge in [-0.05, 0) is 30.0 Å². The second kappa shape index (κ2) is 6.54. The van der Waals surface area contributed by atoms with Crippen molar-refractivity contribution in [3.63, 3.8) is 0 Å². The van der Waals surface area contributed by atoms with Crippen LogP contribution in [0.4, 0.5) is 5.69 Å². The average molecular weight is 329 g/mol. The van der Waals surface area contributed by atoms with Crippen LogP contribution in [-0.2, 0) is 21.1 Å². The lowest BCUT2D eigenvalue weighted by atomic mass is 10.0. The lowest BCUT2D eigenvalue weighted by Crippen LogP contribution is -2.24. The van der Waals surface area contributed by atoms with Gasteiger partial charge in [0.25, 0.3) is 0 Å². The molecule has 120 valence electrons. The number of rotatable bonds is 4. The molecular weight excluding hydrogens is 310 g/mol. The predicted molar refractivity (Wildman–Crippen MR) is 91.1 cm³/mol. The molecule has 1 aliphatic heterocycles. The van der Waals surface area contributed by atoms with E-state index >= 15 is 0 Å². The summed E-state index contributed by atoms with van der Waals surface area (Å²) in [6, 6.07) is 17.7. The van der Waals surface area contributed by atoms with Gasteiger partial charge in [-0.2, -0.15) is 0 Å². The van der Waals surface area contributed by atoms with Gasteiger partial charge >= 0.3 is 0 Å². The molecule has 5 heteroatoms. The average Bonchev–Trinajstić information content (AvgIpc) is 2.90. The smallest absolute Gasteiger partial charge is 0.228 e. The highest BCUT2D eigenvalue weighted by Gasteiger charge is 2.33. The molecule has 23 heavy (non-hydrogen) atoms. The quantitative estimate of drug-likeness (QED) is 0.938. The first kappa shape index (κ1) is 15.7. The molecule has 0 spiro atoms. The molecule has 2 aromatic carbocycles. The zero-order valence-corrected chi connectivity index (χ0v) is 13.6. The van der Waals surface area contributed by atoms with E-state index in [4.69, 9.17) is 0 Å². The second-order valence-electron chi connectivity index (χ2n) is 5.91. The molecule has 1 saturated heterocycles. The summed E-state index contributed by atoms with van der Waals surface area (Å²) in [5.41, 5.74) is 2.94. The van der Waals surface area contributed by atoms with Crippen molar-refractivity contribution in [1.82, 2.24) is 0 Å². The van der Waals surface area contributed by atoms with E-state index in [1.54, 1.807) is 0 Å². The largest absolute Gasteiger partial charge is 0.326 e. The molecule has 0 saturated carbocycles. The highest BCUT2D eigenvalue weighted by atomic mass is 32.2. The van der Waals surface area contributed by atoms with Crippen molar-refractivity contribution in [3.8, 4) is 0 Å². The first-order chi connectivity index (χ1) is 11.0. The van der Waals surface area contributed by atoms with E-state index in [1.807, 2.05) is 54.6 Å². The van der Waals surface area contributed by atoms with Gasteiger partial charge in [0.1, 0.15) is 0 Å². The van der Waals surface area contributed by atoms with Crippen molar-refractivity contribution in [2.75, 3.05) is 16.8 Å². The molecule has 1 heterocycles. The van der Waals surface area contributed by atoms with Crippen LogP contribution < -0.4 is 5.32 Å². The molecule has 0 unspecified atom stereocenters. The van der Waals surface area contributed by atoms with Crippen LogP contribution in [-0.4, -0.2) is 25.8 Å². The highest BCUT2D eigenvalue weighted by molar-refractivity contribution is 7.91. The Morgan fingerprint density at radius 2 is 1.74 bits per heavy atom. The summed E-state index contributed by atoms with van der Waals surface area (Å²) < 4.78 is 23.1. The summed E-state index contributed by atoms with van der Waals surface area (Å²) in [5, 5.41) is 2.91. The summed E-state index contributed by atoms with van der Waals surface area (Å²) in [6.45, 7) is 0. The van der Waals surface area contributed by atoms with Gasteiger partial charge in [0.05, 0.1) is 17.4 Å². The minimum atomic E-state index is -3.05. The molecule has 1 N–H and O–H groups in total. The maximum Gasteiger partial charge on any atom is 0.228 e. The van der Waals surface area contributed by atoms with Gasteiger partial charge < -0.3 is 5.32 Å². The third-order valence-electron chi connectivity index (χ3n) is 4.12. The lowest BCUT2D eigenvalue weighted by Gasteiger charge is -2.13. The molecule has 0 bridgehead atoms. The molecule has 3 rings (SSSR count). The van der Waals surface area contributed by atoms with Gasteiger partial charge in [0.2, 0.25) is 5.91 Å². The number of anilines is 1. The number of sulfone groups is 1. The number of benzene rings is 2. The van der Waals surface area contributed by atoms with Crippen LogP contribution in [0.1, 0.15) is 17.5 Å². The van der Waals surface area contributed by atoms with Crippen LogP contribution in [0.3, 0.4) is 0 Å². The molecular formula is C18H19NO3S. The van der Waals surface area contributed by atoms with Crippen molar-refractivity contribution in [1.29, 1.82) is 0 Å². The number of nitrogens with one attached hydrogen (secondary N) is 1. The Labute approximate surface area is 136 Å². The van der Waals surface area contributed by atoms with Crippen LogP contribution in [0.25, 0.3) is 0 Å². The third kappa shape index (κ3) is 3.99. The number of amides is 1. The number of hydrogen-bond acceptors (Lipinski definition) is 3. The summed E-state index contributed by atoms with van der Waals surface area (Å²) >= 11 is 0. The minimum absolute atomic E-state index is 0.0420. The van der Waals surface area contributed by atoms with Crippen LogP contribution in [0.2, 0.25) is 0 Å². The summed E-state index contributed by atoms with van der Waals surface area (Å²) in [4.78, 5) is 12.3. The molecule has 0 radical (unpaired) electrons. The molecule has 1 aliphatic rings. The molecule has 0 aliphatic carbocycles. The first-order valence-electron chi connectivity index (χ1n) is 7.67. The predicted octanol–water partition coefficient (Wildman–Crippen LogP) is 2.65. The fourth-order valence-corrected chi connectivity index (χ4v) is 4.59. The zero-order valence-electron chi connectivity index (χ0n) is 12.7. The fraction of sp³-hybridized carbons (Fsp3) is 0.278. The monoisotopic (exact) mass is 329 g/mol. The van der Waals surface area contributed by atoms with Crippen molar-refractivity contribution in [2.45, 2.75) is 12.8 Å². The summed E-state index contributed by atoms with van der Waals surface area (Å²) in [7, 11) is -3.05. The zero-order chi connectivity index (χ0) is 16.3. The molecule has 1 fully saturated rings. The lowest BCUT2D eigenvalue weighted by molar-refractivity contribution is -0.119. The summed E-state index contributed by atoms with van der Waals surface area (Å²) in [5.74, 6) is -0.576. The van der Waals surface area contributed by atoms with E-state index in [2.05, 4.69) is 5.32 Å². The van der Waals surface area contributed by atoms with Crippen LogP contribution in [0.15, 0.2) is 54.6 Å². The summed E-state index contributed by atoms with van der Waals surface area (Å²) in [6.07, 6.45) is 1.13. The van der Waals surface area contributed by atoms with Crippen molar-refractivity contribution >= 4 is 21.4 Å². The Morgan fingerprint density at radius 3 is 2.43 bits per heavy atom. The van der Waals surface area contributed by atoms with E-state index in [0.29, 0.717) is 6.42 Å². The SMILES string of the molecule is O=C(Nc1ccccc1Cc1ccccc1)[C@@H]1CCS(=O)(=O)C1. The standard InChI is InChI=1S/C18H19NO3S/c20-18(16-10-11-23(21,22)13-16)19-17-9-5-4-8-15(17)12-14-6-2-1-3-7-14/h1-9,16H,10-13H2,(H,19,20)/t16-/m1/s1. The molecule has 1 amide bonds. The van der Waals surface area contributed by atoms with Gasteiger partial charge in [0.15, 0.2) is 9.84 Å². The van der Waals surface area contributed by atoms with E-state index in [9.17, 15) is 13.2 Å². The van der Waals surface area contributed by atoms with Crippen LogP contribution in [0, 0.1) is 5.92 Å². The fourth-order valence-electron chi connectivity index (χ4n) is 2.85. The third-order valence-corrected chi connectivity index (χ3v) is 5.88. The Balaban J connectivity index is 1.74. The van der Waals surface area contributed by atoms with Crippen LogP contribution >= 0.6 is 0 Å². The highest BCUT2D eigenvalue weighted by Crippen LogP contribution is 2.23. The van der Waals surface area contributed by atoms with Gasteiger partial charge in [-0.1, -0.05) is 48.5 Å². The minimum Gasteiger partial charge on any atom is -0.326 e. The van der Waals surface area contributed by atoms with Crippen LogP contribution in [0.5, 0.6) is 0 Å². The maximum absolute atomic E-state index is 12.3. The Hall–Kier alpha value is -2.14. The molecule has 2 aromatic rings. The number of para-hydroxylation sites is 1. The van der Waals surface area contributed by atoms with E-state index in [0.717, 1.165) is 23.2 Å². The maximum atomic E-state index is 12.3. The van der Waals surface area contributed by atoms with E-state index < -0.39 is 15.8 Å². The number of carbonyl (C=O) groups excluding carboxylic acids is 1. The van der Waals surface area contributed by atoms with Gasteiger partial charge in [-0.3, -0.25) is 4.79 Å². The number of hydrogen-bond donors (Lipinski definition) is 1. The van der Waals surface area contributed by atoms with E-state index in [1.165, 1.54) is 0 Å². The first-order valence-corrected chi connectivity index (χ1v) is 9.49. The number of carbonyl (C=O) groups is 1. The second-order valence-corrected chi connectivity index (χ2v) is 8.14. The van der Waals surface area contributed by atoms with E-state index in [-0.39, 0.29) is 17.4 Å². The molecule has 1 atom stereocenters. The Morgan fingerprint density at radius 1 is 1.04 bits per heavy atom. The van der Waals surface area contributed by atoms with Gasteiger partial charge in [0, 0.05) is 5.69 Å². The van der Waals surface area contributed by atoms with Gasteiger partial charge in [-0.25, -0.2) is 8.42 Å². The topological polar surface area (TPSA) is 63.2 Å². The van der Waals surface area contributed by atoms with Crippen molar-refractivity contribution in [3.05, 3.63) is 65.7 Å². The Bertz CT molecular complexity index is 800. The molecule has 4 nitrogen and oxygen atoms in total. The van der Waals surface area contributed by atoms with Gasteiger partial charge in [-0.15, -0.1) is 0 Å². The normalized spacial score (nSPS) is 19.4.